The molecule has 1 aliphatic rings. The first-order valence-corrected chi connectivity index (χ1v) is 6.39. The van der Waals surface area contributed by atoms with E-state index in [1.807, 2.05) is 0 Å². The maximum atomic E-state index is 11.1. The van der Waals surface area contributed by atoms with Gasteiger partial charge < -0.3 is 0 Å². The maximum absolute atomic E-state index is 11.1. The molecule has 1 aliphatic carbocycles. The average molecular weight is 215 g/mol. The van der Waals surface area contributed by atoms with Crippen LogP contribution in [0.4, 0.5) is 5.82 Å². The van der Waals surface area contributed by atoms with Gasteiger partial charge in [-0.25, -0.2) is 8.42 Å². The molecule has 1 aromatic rings. The number of rotatable bonds is 2. The van der Waals surface area contributed by atoms with E-state index in [-0.39, 0.29) is 0 Å². The molecule has 0 saturated heterocycles. The molecule has 6 heteroatoms. The molecule has 0 aliphatic heterocycles. The molecule has 78 valence electrons. The van der Waals surface area contributed by atoms with Gasteiger partial charge in [0.25, 0.3) is 0 Å². The molecule has 1 heterocycles. The molecule has 0 aromatic carbocycles. The van der Waals surface area contributed by atoms with Crippen LogP contribution >= 0.6 is 0 Å². The quantitative estimate of drug-likeness (QED) is 0.770. The summed E-state index contributed by atoms with van der Waals surface area (Å²) in [6, 6.07) is 0. The third-order valence-corrected chi connectivity index (χ3v) is 2.92. The van der Waals surface area contributed by atoms with Gasteiger partial charge in [0, 0.05) is 12.6 Å². The van der Waals surface area contributed by atoms with Crippen molar-refractivity contribution in [2.75, 3.05) is 11.0 Å². The van der Waals surface area contributed by atoms with Gasteiger partial charge in [0.05, 0.1) is 11.9 Å². The van der Waals surface area contributed by atoms with Crippen LogP contribution in [0.25, 0.3) is 0 Å². The maximum Gasteiger partial charge on any atom is 0.230 e. The predicted molar refractivity (Wildman–Crippen MR) is 53.7 cm³/mol. The third-order valence-electron chi connectivity index (χ3n) is 2.35. The number of hydrogen-bond donors (Lipinski definition) is 1. The molecule has 0 spiro atoms. The summed E-state index contributed by atoms with van der Waals surface area (Å²) in [6.07, 6.45) is 4.09. The van der Waals surface area contributed by atoms with Gasteiger partial charge >= 0.3 is 0 Å². The number of aryl methyl sites for hydroxylation is 2. The predicted octanol–water partition coefficient (Wildman–Crippen LogP) is 0.280. The van der Waals surface area contributed by atoms with E-state index in [1.165, 1.54) is 0 Å². The monoisotopic (exact) mass is 215 g/mol. The van der Waals surface area contributed by atoms with Crippen LogP contribution in [-0.4, -0.2) is 24.5 Å². The van der Waals surface area contributed by atoms with Crippen molar-refractivity contribution in [3.8, 4) is 0 Å². The number of fused-ring (bicyclic) bond motifs is 1. The van der Waals surface area contributed by atoms with E-state index >= 15 is 0 Å². The van der Waals surface area contributed by atoms with Gasteiger partial charge in [0.15, 0.2) is 0 Å². The van der Waals surface area contributed by atoms with E-state index in [9.17, 15) is 8.42 Å². The summed E-state index contributed by atoms with van der Waals surface area (Å²) < 4.78 is 26.3. The number of anilines is 1. The number of sulfonamides is 1. The van der Waals surface area contributed by atoms with Crippen molar-refractivity contribution in [3.05, 3.63) is 11.3 Å². The van der Waals surface area contributed by atoms with Crippen molar-refractivity contribution < 1.29 is 8.42 Å². The standard InChI is InChI=1S/C8H13N3O2S/c1-11-8(10-14(2,12)13)6-4-3-5-7(6)9-11/h10H,3-5H2,1-2H3. The van der Waals surface area contributed by atoms with Crippen LogP contribution in [0.1, 0.15) is 17.7 Å². The Bertz CT molecular complexity index is 461. The first kappa shape index (κ1) is 9.51. The summed E-state index contributed by atoms with van der Waals surface area (Å²) >= 11 is 0. The molecule has 1 aromatic heterocycles. The van der Waals surface area contributed by atoms with Crippen molar-refractivity contribution >= 4 is 15.8 Å². The Morgan fingerprint density at radius 3 is 2.79 bits per heavy atom. The Labute approximate surface area is 83.2 Å². The molecule has 2 rings (SSSR count). The summed E-state index contributed by atoms with van der Waals surface area (Å²) in [5.41, 5.74) is 2.08. The van der Waals surface area contributed by atoms with Crippen LogP contribution in [0, 0.1) is 0 Å². The van der Waals surface area contributed by atoms with Gasteiger partial charge in [-0.2, -0.15) is 5.10 Å². The number of hydrogen-bond acceptors (Lipinski definition) is 3. The highest BCUT2D eigenvalue weighted by Crippen LogP contribution is 2.28. The van der Waals surface area contributed by atoms with Gasteiger partial charge in [0.2, 0.25) is 10.0 Å². The van der Waals surface area contributed by atoms with Crippen molar-refractivity contribution in [1.29, 1.82) is 0 Å². The van der Waals surface area contributed by atoms with E-state index in [4.69, 9.17) is 0 Å². The molecular formula is C8H13N3O2S. The zero-order valence-electron chi connectivity index (χ0n) is 8.24. The second-order valence-electron chi connectivity index (χ2n) is 3.63. The molecule has 0 radical (unpaired) electrons. The zero-order valence-corrected chi connectivity index (χ0v) is 9.06. The fourth-order valence-electron chi connectivity index (χ4n) is 1.82. The Morgan fingerprint density at radius 2 is 2.14 bits per heavy atom. The van der Waals surface area contributed by atoms with Gasteiger partial charge in [-0.15, -0.1) is 0 Å². The minimum atomic E-state index is -3.20. The Balaban J connectivity index is 2.43. The normalized spacial score (nSPS) is 15.6. The second kappa shape index (κ2) is 2.98. The van der Waals surface area contributed by atoms with Crippen molar-refractivity contribution in [2.45, 2.75) is 19.3 Å². The summed E-state index contributed by atoms with van der Waals surface area (Å²) in [5.74, 6) is 0.625. The van der Waals surface area contributed by atoms with Gasteiger partial charge in [0.1, 0.15) is 5.82 Å². The van der Waals surface area contributed by atoms with Crippen molar-refractivity contribution in [2.24, 2.45) is 7.05 Å². The van der Waals surface area contributed by atoms with Crippen molar-refractivity contribution in [1.82, 2.24) is 9.78 Å². The highest BCUT2D eigenvalue weighted by Gasteiger charge is 2.22. The molecule has 14 heavy (non-hydrogen) atoms. The zero-order chi connectivity index (χ0) is 10.3. The summed E-state index contributed by atoms with van der Waals surface area (Å²) in [7, 11) is -1.45. The van der Waals surface area contributed by atoms with Gasteiger partial charge in [-0.05, 0) is 19.3 Å². The topological polar surface area (TPSA) is 64.0 Å². The fraction of sp³-hybridized carbons (Fsp3) is 0.625. The van der Waals surface area contributed by atoms with Crippen LogP contribution in [0.3, 0.4) is 0 Å². The average Bonchev–Trinajstić information content (AvgIpc) is 2.54. The number of nitrogens with one attached hydrogen (secondary N) is 1. The van der Waals surface area contributed by atoms with Crippen LogP contribution in [0.5, 0.6) is 0 Å². The first-order chi connectivity index (χ1) is 6.47. The lowest BCUT2D eigenvalue weighted by Gasteiger charge is -2.05. The largest absolute Gasteiger partial charge is 0.268 e. The van der Waals surface area contributed by atoms with Crippen LogP contribution in [0.2, 0.25) is 0 Å². The van der Waals surface area contributed by atoms with E-state index in [0.29, 0.717) is 5.82 Å². The summed E-state index contributed by atoms with van der Waals surface area (Å²) in [5, 5.41) is 4.27. The fourth-order valence-corrected chi connectivity index (χ4v) is 2.43. The second-order valence-corrected chi connectivity index (χ2v) is 5.37. The molecule has 5 nitrogen and oxygen atoms in total. The highest BCUT2D eigenvalue weighted by atomic mass is 32.2. The summed E-state index contributed by atoms with van der Waals surface area (Å²) in [6.45, 7) is 0. The Kier molecular flexibility index (Phi) is 2.02. The van der Waals surface area contributed by atoms with Crippen molar-refractivity contribution in [3.63, 3.8) is 0 Å². The first-order valence-electron chi connectivity index (χ1n) is 4.50. The molecule has 0 fully saturated rings. The molecule has 0 bridgehead atoms. The lowest BCUT2D eigenvalue weighted by atomic mass is 10.3. The molecule has 1 N–H and O–H groups in total. The van der Waals surface area contributed by atoms with Gasteiger partial charge in [-0.1, -0.05) is 0 Å². The smallest absolute Gasteiger partial charge is 0.230 e. The molecule has 0 atom stereocenters. The number of nitrogens with zero attached hydrogens (tertiary/aromatic N) is 2. The van der Waals surface area contributed by atoms with E-state index < -0.39 is 10.0 Å². The van der Waals surface area contributed by atoms with Gasteiger partial charge in [-0.3, -0.25) is 9.40 Å². The van der Waals surface area contributed by atoms with Crippen LogP contribution in [0.15, 0.2) is 0 Å². The number of aromatic nitrogens is 2. The SMILES string of the molecule is Cn1nc2c(c1NS(C)(=O)=O)CCC2. The van der Waals surface area contributed by atoms with Crippen LogP contribution in [-0.2, 0) is 29.9 Å². The van der Waals surface area contributed by atoms with E-state index in [0.717, 1.165) is 36.8 Å². The van der Waals surface area contributed by atoms with Crippen LogP contribution < -0.4 is 4.72 Å². The molecule has 0 saturated carbocycles. The Hall–Kier alpha value is -1.04. The van der Waals surface area contributed by atoms with E-state index in [1.54, 1.807) is 11.7 Å². The molecule has 0 amide bonds. The lowest BCUT2D eigenvalue weighted by molar-refractivity contribution is 0.605. The minimum Gasteiger partial charge on any atom is -0.268 e. The molecular weight excluding hydrogens is 202 g/mol. The summed E-state index contributed by atoms with van der Waals surface area (Å²) in [4.78, 5) is 0. The highest BCUT2D eigenvalue weighted by molar-refractivity contribution is 7.92. The molecule has 0 unspecified atom stereocenters. The third kappa shape index (κ3) is 1.61. The Morgan fingerprint density at radius 1 is 1.43 bits per heavy atom. The van der Waals surface area contributed by atoms with E-state index in [2.05, 4.69) is 9.82 Å². The minimum absolute atomic E-state index is 0.625. The lowest BCUT2D eigenvalue weighted by Crippen LogP contribution is -2.14.